The average molecular weight is 328 g/mol. The number of hydrogen-bond acceptors (Lipinski definition) is 3. The van der Waals surface area contributed by atoms with Crippen LogP contribution in [0.3, 0.4) is 0 Å². The minimum Gasteiger partial charge on any atom is -0.345 e. The van der Waals surface area contributed by atoms with Gasteiger partial charge < -0.3 is 4.98 Å². The van der Waals surface area contributed by atoms with E-state index in [0.29, 0.717) is 5.84 Å². The van der Waals surface area contributed by atoms with E-state index in [1.807, 2.05) is 60.7 Å². The zero-order chi connectivity index (χ0) is 17.1. The maximum absolute atomic E-state index is 9.54. The predicted molar refractivity (Wildman–Crippen MR) is 99.1 cm³/mol. The molecule has 0 radical (unpaired) electrons. The smallest absolute Gasteiger partial charge is 0.157 e. The quantitative estimate of drug-likeness (QED) is 0.298. The Kier molecular flexibility index (Phi) is 3.98. The third-order valence-corrected chi connectivity index (χ3v) is 3.99. The normalized spacial score (nSPS) is 11.6. The fourth-order valence-electron chi connectivity index (χ4n) is 2.75. The van der Waals surface area contributed by atoms with Crippen LogP contribution in [0.5, 0.6) is 0 Å². The van der Waals surface area contributed by atoms with Crippen molar-refractivity contribution in [3.63, 3.8) is 0 Å². The predicted octanol–water partition coefficient (Wildman–Crippen LogP) is 4.29. The van der Waals surface area contributed by atoms with Crippen molar-refractivity contribution in [1.82, 2.24) is 15.4 Å². The van der Waals surface area contributed by atoms with Crippen molar-refractivity contribution in [2.24, 2.45) is 4.99 Å². The van der Waals surface area contributed by atoms with Gasteiger partial charge >= 0.3 is 0 Å². The van der Waals surface area contributed by atoms with Crippen molar-refractivity contribution < 1.29 is 5.21 Å². The number of fused-ring (bicyclic) bond motifs is 1. The largest absolute Gasteiger partial charge is 0.345 e. The van der Waals surface area contributed by atoms with Crippen LogP contribution in [0.1, 0.15) is 5.56 Å². The lowest BCUT2D eigenvalue weighted by atomic mass is 10.1. The zero-order valence-electron chi connectivity index (χ0n) is 13.3. The molecule has 0 amide bonds. The molecular formula is C20H16N4O. The summed E-state index contributed by atoms with van der Waals surface area (Å²) in [6, 6.07) is 23.6. The van der Waals surface area contributed by atoms with Crippen molar-refractivity contribution in [3.8, 4) is 11.1 Å². The van der Waals surface area contributed by atoms with Crippen molar-refractivity contribution >= 4 is 22.6 Å². The number of aromatic amines is 1. The summed E-state index contributed by atoms with van der Waals surface area (Å²) in [4.78, 5) is 11.8. The van der Waals surface area contributed by atoms with Crippen LogP contribution in [0.25, 0.3) is 22.2 Å². The minimum absolute atomic E-state index is 0.377. The molecule has 0 spiro atoms. The van der Waals surface area contributed by atoms with Crippen LogP contribution in [0.4, 0.5) is 5.69 Å². The Morgan fingerprint density at radius 2 is 1.76 bits per heavy atom. The summed E-state index contributed by atoms with van der Waals surface area (Å²) in [5.74, 6) is 0.377. The number of amidine groups is 1. The van der Waals surface area contributed by atoms with Crippen LogP contribution in [0.15, 0.2) is 84.1 Å². The average Bonchev–Trinajstić information content (AvgIpc) is 3.15. The highest BCUT2D eigenvalue weighted by molar-refractivity contribution is 6.01. The van der Waals surface area contributed by atoms with E-state index < -0.39 is 0 Å². The molecule has 4 rings (SSSR count). The second-order valence-corrected chi connectivity index (χ2v) is 5.62. The third kappa shape index (κ3) is 3.13. The Labute approximate surface area is 144 Å². The number of hydrogen-bond donors (Lipinski definition) is 3. The van der Waals surface area contributed by atoms with Crippen molar-refractivity contribution in [2.45, 2.75) is 0 Å². The van der Waals surface area contributed by atoms with Crippen molar-refractivity contribution in [2.75, 3.05) is 0 Å². The number of benzene rings is 3. The molecule has 3 aromatic carbocycles. The van der Waals surface area contributed by atoms with E-state index in [-0.39, 0.29) is 0 Å². The molecular weight excluding hydrogens is 312 g/mol. The molecule has 1 aromatic heterocycles. The molecule has 0 unspecified atom stereocenters. The van der Waals surface area contributed by atoms with Crippen molar-refractivity contribution in [1.29, 1.82) is 0 Å². The number of aliphatic imine (C=N–C) groups is 1. The Morgan fingerprint density at radius 3 is 2.60 bits per heavy atom. The fourth-order valence-corrected chi connectivity index (χ4v) is 2.75. The molecule has 5 nitrogen and oxygen atoms in total. The molecule has 1 heterocycles. The summed E-state index contributed by atoms with van der Waals surface area (Å²) >= 11 is 0. The molecule has 0 aliphatic heterocycles. The molecule has 3 N–H and O–H groups in total. The van der Waals surface area contributed by atoms with Gasteiger partial charge in [-0.05, 0) is 41.5 Å². The van der Waals surface area contributed by atoms with E-state index in [0.717, 1.165) is 33.4 Å². The van der Waals surface area contributed by atoms with Gasteiger partial charge in [-0.25, -0.2) is 9.98 Å². The first kappa shape index (κ1) is 15.1. The van der Waals surface area contributed by atoms with Crippen LogP contribution in [-0.4, -0.2) is 21.0 Å². The fraction of sp³-hybridized carbons (Fsp3) is 0. The maximum atomic E-state index is 9.54. The van der Waals surface area contributed by atoms with Gasteiger partial charge in [0.2, 0.25) is 0 Å². The van der Waals surface area contributed by atoms with E-state index >= 15 is 0 Å². The van der Waals surface area contributed by atoms with Gasteiger partial charge in [-0.2, -0.15) is 0 Å². The van der Waals surface area contributed by atoms with Crippen LogP contribution >= 0.6 is 0 Å². The Bertz CT molecular complexity index is 1040. The summed E-state index contributed by atoms with van der Waals surface area (Å²) in [5, 5.41) is 9.54. The van der Waals surface area contributed by atoms with Gasteiger partial charge in [0.25, 0.3) is 0 Å². The Balaban J connectivity index is 1.72. The molecule has 0 saturated carbocycles. The van der Waals surface area contributed by atoms with Gasteiger partial charge in [0.05, 0.1) is 23.0 Å². The van der Waals surface area contributed by atoms with Crippen molar-refractivity contribution in [3.05, 3.63) is 84.7 Å². The lowest BCUT2D eigenvalue weighted by Crippen LogP contribution is -2.19. The summed E-state index contributed by atoms with van der Waals surface area (Å²) < 4.78 is 0. The zero-order valence-corrected chi connectivity index (χ0v) is 13.3. The van der Waals surface area contributed by atoms with E-state index in [4.69, 9.17) is 0 Å². The van der Waals surface area contributed by atoms with E-state index in [9.17, 15) is 5.21 Å². The first-order valence-electron chi connectivity index (χ1n) is 7.91. The van der Waals surface area contributed by atoms with Gasteiger partial charge in [0.15, 0.2) is 5.84 Å². The highest BCUT2D eigenvalue weighted by Crippen LogP contribution is 2.24. The van der Waals surface area contributed by atoms with Gasteiger partial charge in [-0.15, -0.1) is 0 Å². The number of aromatic nitrogens is 2. The molecule has 0 aliphatic carbocycles. The van der Waals surface area contributed by atoms with Gasteiger partial charge in [0.1, 0.15) is 0 Å². The summed E-state index contributed by atoms with van der Waals surface area (Å²) in [6.07, 6.45) is 1.64. The maximum Gasteiger partial charge on any atom is 0.157 e. The van der Waals surface area contributed by atoms with E-state index in [1.165, 1.54) is 0 Å². The second-order valence-electron chi connectivity index (χ2n) is 5.62. The van der Waals surface area contributed by atoms with Crippen LogP contribution in [-0.2, 0) is 0 Å². The lowest BCUT2D eigenvalue weighted by molar-refractivity contribution is 0.235. The second kappa shape index (κ2) is 6.59. The number of rotatable bonds is 3. The van der Waals surface area contributed by atoms with Crippen LogP contribution < -0.4 is 5.48 Å². The highest BCUT2D eigenvalue weighted by Gasteiger charge is 2.06. The number of nitrogens with zero attached hydrogens (tertiary/aromatic N) is 2. The number of H-pyrrole nitrogens is 1. The summed E-state index contributed by atoms with van der Waals surface area (Å²) in [6.45, 7) is 0. The molecule has 25 heavy (non-hydrogen) atoms. The Hall–Kier alpha value is -3.44. The molecule has 0 aliphatic rings. The van der Waals surface area contributed by atoms with E-state index in [2.05, 4.69) is 32.6 Å². The van der Waals surface area contributed by atoms with Crippen LogP contribution in [0.2, 0.25) is 0 Å². The van der Waals surface area contributed by atoms with E-state index in [1.54, 1.807) is 6.33 Å². The minimum atomic E-state index is 0.377. The number of hydroxylamine groups is 1. The standard InChI is InChI=1S/C20H16N4O/c25-24-20(16-9-10-18-19(12-16)22-13-21-18)23-17-8-4-7-15(11-17)14-5-2-1-3-6-14/h1-13,25H,(H,21,22)(H,23,24). The molecule has 0 saturated heterocycles. The molecule has 0 fully saturated rings. The molecule has 4 aromatic rings. The SMILES string of the molecule is ONC(=Nc1cccc(-c2ccccc2)c1)c1ccc2nc[nH]c2c1. The third-order valence-electron chi connectivity index (χ3n) is 3.99. The number of imidazole rings is 1. The highest BCUT2D eigenvalue weighted by atomic mass is 16.5. The summed E-state index contributed by atoms with van der Waals surface area (Å²) in [5.41, 5.74) is 7.67. The monoisotopic (exact) mass is 328 g/mol. The van der Waals surface area contributed by atoms with Gasteiger partial charge in [0, 0.05) is 5.56 Å². The topological polar surface area (TPSA) is 73.3 Å². The van der Waals surface area contributed by atoms with Gasteiger partial charge in [-0.1, -0.05) is 42.5 Å². The molecule has 0 atom stereocenters. The molecule has 122 valence electrons. The summed E-state index contributed by atoms with van der Waals surface area (Å²) in [7, 11) is 0. The van der Waals surface area contributed by atoms with Crippen LogP contribution in [0, 0.1) is 0 Å². The van der Waals surface area contributed by atoms with Gasteiger partial charge in [-0.3, -0.25) is 10.7 Å². The molecule has 5 heteroatoms. The Morgan fingerprint density at radius 1 is 0.920 bits per heavy atom. The first-order valence-corrected chi connectivity index (χ1v) is 7.91. The number of nitrogens with one attached hydrogen (secondary N) is 2. The molecule has 0 bridgehead atoms. The lowest BCUT2D eigenvalue weighted by Gasteiger charge is -2.07. The first-order chi connectivity index (χ1) is 12.3.